The van der Waals surface area contributed by atoms with E-state index in [1.54, 1.807) is 0 Å². The van der Waals surface area contributed by atoms with Crippen molar-refractivity contribution in [2.45, 2.75) is 52.6 Å². The van der Waals surface area contributed by atoms with Gasteiger partial charge < -0.3 is 9.13 Å². The van der Waals surface area contributed by atoms with Crippen LogP contribution in [0.1, 0.15) is 41.5 Å². The highest BCUT2D eigenvalue weighted by Crippen LogP contribution is 2.20. The Balaban J connectivity index is 2.09. The summed E-state index contributed by atoms with van der Waals surface area (Å²) < 4.78 is 9.43. The quantitative estimate of drug-likeness (QED) is 0.564. The maximum absolute atomic E-state index is 5.65. The summed E-state index contributed by atoms with van der Waals surface area (Å²) in [6.07, 6.45) is 7.91. The highest BCUT2D eigenvalue weighted by molar-refractivity contribution is 7.71. The molecule has 0 aliphatic rings. The molecule has 0 saturated heterocycles. The van der Waals surface area contributed by atoms with Gasteiger partial charge in [-0.1, -0.05) is 6.07 Å². The second kappa shape index (κ2) is 6.32. The lowest BCUT2D eigenvalue weighted by molar-refractivity contribution is 0.390. The summed E-state index contributed by atoms with van der Waals surface area (Å²) in [5.74, 6) is 1.56. The van der Waals surface area contributed by atoms with Gasteiger partial charge in [-0.25, -0.2) is 4.98 Å². The van der Waals surface area contributed by atoms with Gasteiger partial charge in [0.1, 0.15) is 11.6 Å². The zero-order chi connectivity index (χ0) is 19.3. The summed E-state index contributed by atoms with van der Waals surface area (Å²) in [6, 6.07) is 5.89. The van der Waals surface area contributed by atoms with E-state index in [0.717, 1.165) is 21.2 Å². The van der Waals surface area contributed by atoms with Crippen molar-refractivity contribution in [2.24, 2.45) is 0 Å². The Kier molecular flexibility index (Phi) is 4.56. The van der Waals surface area contributed by atoms with Crippen LogP contribution in [0.5, 0.6) is 0 Å². The molecule has 0 amide bonds. The molecule has 5 nitrogen and oxygen atoms in total. The van der Waals surface area contributed by atoms with Crippen molar-refractivity contribution < 1.29 is 0 Å². The van der Waals surface area contributed by atoms with Crippen molar-refractivity contribution in [2.75, 3.05) is 0 Å². The first kappa shape index (κ1) is 18.8. The Hall–Kier alpha value is -1.99. The molecule has 0 radical (unpaired) electrons. The van der Waals surface area contributed by atoms with E-state index in [0.29, 0.717) is 0 Å². The van der Waals surface area contributed by atoms with Crippen LogP contribution in [0.15, 0.2) is 43.0 Å². The van der Waals surface area contributed by atoms with Crippen LogP contribution >= 0.6 is 24.4 Å². The third kappa shape index (κ3) is 3.33. The first-order chi connectivity index (χ1) is 12.0. The van der Waals surface area contributed by atoms with Crippen LogP contribution < -0.4 is 0 Å². The molecule has 0 aliphatic heterocycles. The molecule has 7 heteroatoms. The summed E-state index contributed by atoms with van der Waals surface area (Å²) in [7, 11) is 0. The lowest BCUT2D eigenvalue weighted by Crippen LogP contribution is -2.21. The number of hydrogen-bond donors (Lipinski definition) is 0. The molecule has 3 rings (SSSR count). The van der Waals surface area contributed by atoms with Crippen LogP contribution in [0.4, 0.5) is 0 Å². The van der Waals surface area contributed by atoms with Crippen LogP contribution in [0.25, 0.3) is 11.6 Å². The van der Waals surface area contributed by atoms with Gasteiger partial charge in [0.2, 0.25) is 0 Å². The third-order valence-electron chi connectivity index (χ3n) is 4.21. The minimum atomic E-state index is -0.0770. The van der Waals surface area contributed by atoms with Crippen molar-refractivity contribution in [1.82, 2.24) is 23.3 Å². The van der Waals surface area contributed by atoms with E-state index in [9.17, 15) is 0 Å². The minimum absolute atomic E-state index is 0.0770. The summed E-state index contributed by atoms with van der Waals surface area (Å²) in [6.45, 7) is 12.8. The summed E-state index contributed by atoms with van der Waals surface area (Å²) in [4.78, 5) is 4.79. The first-order valence-electron chi connectivity index (χ1n) is 8.59. The largest absolute Gasteiger partial charge is 0.318 e. The molecule has 138 valence electrons. The first-order valence-corrected chi connectivity index (χ1v) is 9.40. The van der Waals surface area contributed by atoms with Crippen molar-refractivity contribution in [1.29, 1.82) is 0 Å². The van der Waals surface area contributed by atoms with Crippen LogP contribution in [-0.2, 0) is 11.1 Å². The van der Waals surface area contributed by atoms with E-state index < -0.39 is 0 Å². The summed E-state index contributed by atoms with van der Waals surface area (Å²) >= 11 is 11.3. The van der Waals surface area contributed by atoms with E-state index in [2.05, 4.69) is 50.7 Å². The third-order valence-corrected chi connectivity index (χ3v) is 5.00. The Morgan fingerprint density at radius 3 is 1.38 bits per heavy atom. The standard InChI is InChI=1S/C19H25N5S2/c1-18(2,3)23-12-10-21(16(23)25)14-8-7-9-15(20-14)22-11-13-24(17(22)26)19(4,5)6/h7-13H,1-6H3. The number of pyridine rings is 1. The molecule has 0 N–H and O–H groups in total. The molecule has 0 aliphatic carbocycles. The maximum Gasteiger partial charge on any atom is 0.186 e. The smallest absolute Gasteiger partial charge is 0.186 e. The predicted molar refractivity (Wildman–Crippen MR) is 111 cm³/mol. The van der Waals surface area contributed by atoms with Gasteiger partial charge in [0.15, 0.2) is 9.54 Å². The van der Waals surface area contributed by atoms with Gasteiger partial charge in [-0.05, 0) is 78.1 Å². The van der Waals surface area contributed by atoms with Crippen molar-refractivity contribution in [3.05, 3.63) is 52.5 Å². The van der Waals surface area contributed by atoms with E-state index in [1.807, 2.05) is 52.1 Å². The highest BCUT2D eigenvalue weighted by atomic mass is 32.1. The van der Waals surface area contributed by atoms with Gasteiger partial charge in [-0.15, -0.1) is 0 Å². The molecule has 0 atom stereocenters. The van der Waals surface area contributed by atoms with Gasteiger partial charge in [-0.2, -0.15) is 0 Å². The van der Waals surface area contributed by atoms with E-state index in [4.69, 9.17) is 29.4 Å². The molecular weight excluding hydrogens is 362 g/mol. The topological polar surface area (TPSA) is 32.6 Å². The number of rotatable bonds is 2. The second-order valence-electron chi connectivity index (χ2n) is 8.34. The minimum Gasteiger partial charge on any atom is -0.318 e. The fraction of sp³-hybridized carbons (Fsp3) is 0.421. The zero-order valence-electron chi connectivity index (χ0n) is 16.1. The number of aromatic nitrogens is 5. The Morgan fingerprint density at radius 2 is 1.08 bits per heavy atom. The molecule has 0 aromatic carbocycles. The Morgan fingerprint density at radius 1 is 0.692 bits per heavy atom. The van der Waals surface area contributed by atoms with E-state index in [-0.39, 0.29) is 11.1 Å². The Labute approximate surface area is 164 Å². The lowest BCUT2D eigenvalue weighted by Gasteiger charge is -2.20. The van der Waals surface area contributed by atoms with Crippen molar-refractivity contribution in [3.8, 4) is 11.6 Å². The number of nitrogens with zero attached hydrogens (tertiary/aromatic N) is 5. The molecule has 3 aromatic rings. The summed E-state index contributed by atoms with van der Waals surface area (Å²) in [5.41, 5.74) is -0.154. The molecule has 0 bridgehead atoms. The number of hydrogen-bond acceptors (Lipinski definition) is 3. The summed E-state index contributed by atoms with van der Waals surface area (Å²) in [5, 5.41) is 0. The molecule has 26 heavy (non-hydrogen) atoms. The van der Waals surface area contributed by atoms with Gasteiger partial charge in [0.25, 0.3) is 0 Å². The van der Waals surface area contributed by atoms with Crippen molar-refractivity contribution in [3.63, 3.8) is 0 Å². The van der Waals surface area contributed by atoms with Gasteiger partial charge in [0, 0.05) is 35.9 Å². The van der Waals surface area contributed by atoms with Crippen molar-refractivity contribution >= 4 is 24.4 Å². The predicted octanol–water partition coefficient (Wildman–Crippen LogP) is 5.23. The SMILES string of the molecule is CC(C)(C)n1ccn(-c2cccc(-n3ccn(C(C)(C)C)c3=S)n2)c1=S. The molecular formula is C19H25N5S2. The second-order valence-corrected chi connectivity index (χ2v) is 9.07. The normalized spacial score (nSPS) is 12.5. The van der Waals surface area contributed by atoms with E-state index in [1.165, 1.54) is 0 Å². The van der Waals surface area contributed by atoms with Gasteiger partial charge in [-0.3, -0.25) is 9.13 Å². The highest BCUT2D eigenvalue weighted by Gasteiger charge is 2.17. The lowest BCUT2D eigenvalue weighted by atomic mass is 10.1. The monoisotopic (exact) mass is 387 g/mol. The number of imidazole rings is 2. The molecule has 3 aromatic heterocycles. The zero-order valence-corrected chi connectivity index (χ0v) is 17.7. The molecule has 0 unspecified atom stereocenters. The van der Waals surface area contributed by atoms with Gasteiger partial charge >= 0.3 is 0 Å². The van der Waals surface area contributed by atoms with Crippen LogP contribution in [-0.4, -0.2) is 23.3 Å². The van der Waals surface area contributed by atoms with E-state index >= 15 is 0 Å². The average Bonchev–Trinajstić information content (AvgIpc) is 3.09. The molecule has 0 fully saturated rings. The Bertz CT molecular complexity index is 970. The molecule has 0 saturated carbocycles. The van der Waals surface area contributed by atoms with Crippen LogP contribution in [0, 0.1) is 9.54 Å². The average molecular weight is 388 g/mol. The fourth-order valence-electron chi connectivity index (χ4n) is 2.80. The van der Waals surface area contributed by atoms with Crippen LogP contribution in [0.2, 0.25) is 0 Å². The molecule has 0 spiro atoms. The van der Waals surface area contributed by atoms with Gasteiger partial charge in [0.05, 0.1) is 0 Å². The maximum atomic E-state index is 5.65. The fourth-order valence-corrected chi connectivity index (χ4v) is 3.78. The molecule has 3 heterocycles. The van der Waals surface area contributed by atoms with Crippen LogP contribution in [0.3, 0.4) is 0 Å².